The van der Waals surface area contributed by atoms with E-state index in [2.05, 4.69) is 0 Å². The molecule has 7 heteroatoms. The summed E-state index contributed by atoms with van der Waals surface area (Å²) in [6.45, 7) is 0.770. The number of aliphatic hydroxyl groups is 1. The fraction of sp³-hybridized carbons (Fsp3) is 0.600. The molecule has 0 saturated carbocycles. The number of ether oxygens (including phenoxy) is 1. The van der Waals surface area contributed by atoms with Crippen molar-refractivity contribution < 1.29 is 9.84 Å². The van der Waals surface area contributed by atoms with E-state index >= 15 is 0 Å². The summed E-state index contributed by atoms with van der Waals surface area (Å²) in [5, 5.41) is 9.49. The van der Waals surface area contributed by atoms with Crippen molar-refractivity contribution >= 4 is 58.0 Å². The van der Waals surface area contributed by atoms with Crippen LogP contribution in [0.4, 0.5) is 0 Å². The van der Waals surface area contributed by atoms with Crippen LogP contribution in [0.5, 0.6) is 5.75 Å². The molecule has 0 spiro atoms. The van der Waals surface area contributed by atoms with Crippen molar-refractivity contribution in [3.63, 3.8) is 0 Å². The molecule has 0 aliphatic rings. The van der Waals surface area contributed by atoms with E-state index in [0.717, 1.165) is 38.5 Å². The summed E-state index contributed by atoms with van der Waals surface area (Å²) in [6.07, 6.45) is 7.38. The lowest BCUT2D eigenvalue weighted by Gasteiger charge is -2.13. The lowest BCUT2D eigenvalue weighted by molar-refractivity contribution is 0.281. The lowest BCUT2D eigenvalue weighted by atomic mass is 10.1. The van der Waals surface area contributed by atoms with Crippen molar-refractivity contribution in [3.8, 4) is 5.75 Å². The summed E-state index contributed by atoms with van der Waals surface area (Å²) in [5.41, 5.74) is 0. The first-order valence-corrected chi connectivity index (χ1v) is 9.14. The van der Waals surface area contributed by atoms with Crippen molar-refractivity contribution in [2.24, 2.45) is 0 Å². The van der Waals surface area contributed by atoms with E-state index in [4.69, 9.17) is 67.8 Å². The van der Waals surface area contributed by atoms with E-state index in [-0.39, 0.29) is 37.5 Å². The third-order valence-electron chi connectivity index (χ3n) is 3.22. The van der Waals surface area contributed by atoms with Gasteiger partial charge in [-0.3, -0.25) is 0 Å². The molecule has 0 unspecified atom stereocenters. The molecule has 126 valence electrons. The number of rotatable bonds is 10. The van der Waals surface area contributed by atoms with Crippen molar-refractivity contribution in [2.75, 3.05) is 13.2 Å². The largest absolute Gasteiger partial charge is 0.490 e. The Bertz CT molecular complexity index is 450. The van der Waals surface area contributed by atoms with Crippen LogP contribution in [0.25, 0.3) is 0 Å². The van der Waals surface area contributed by atoms with Gasteiger partial charge in [0.1, 0.15) is 10.0 Å². The van der Waals surface area contributed by atoms with Gasteiger partial charge < -0.3 is 9.84 Å². The van der Waals surface area contributed by atoms with Gasteiger partial charge in [-0.15, -0.1) is 0 Å². The highest BCUT2D eigenvalue weighted by molar-refractivity contribution is 6.55. The van der Waals surface area contributed by atoms with Crippen LogP contribution in [0, 0.1) is 0 Å². The minimum absolute atomic E-state index is 0.133. The van der Waals surface area contributed by atoms with Crippen LogP contribution < -0.4 is 4.74 Å². The van der Waals surface area contributed by atoms with Crippen LogP contribution in [-0.4, -0.2) is 18.3 Å². The molecular formula is C15H19Cl5O2. The Morgan fingerprint density at radius 1 is 0.591 bits per heavy atom. The van der Waals surface area contributed by atoms with Crippen LogP contribution in [0.2, 0.25) is 25.1 Å². The summed E-state index contributed by atoms with van der Waals surface area (Å²) in [5.74, 6) is 0.283. The standard InChI is InChI=1S/C15H19Cl5O2/c16-10-11(17)13(19)15(14(20)12(10)18)22-9-7-5-3-1-2-4-6-8-21/h21H,1-9H2. The molecule has 0 saturated heterocycles. The summed E-state index contributed by atoms with van der Waals surface area (Å²) < 4.78 is 5.60. The van der Waals surface area contributed by atoms with E-state index in [1.165, 1.54) is 6.42 Å². The van der Waals surface area contributed by atoms with Crippen LogP contribution in [0.1, 0.15) is 44.9 Å². The average Bonchev–Trinajstić information content (AvgIpc) is 2.52. The first kappa shape index (κ1) is 20.5. The number of aliphatic hydroxyl groups excluding tert-OH is 1. The van der Waals surface area contributed by atoms with Gasteiger partial charge in [-0.25, -0.2) is 0 Å². The molecule has 22 heavy (non-hydrogen) atoms. The number of unbranched alkanes of at least 4 members (excludes halogenated alkanes) is 6. The molecule has 0 aliphatic heterocycles. The average molecular weight is 409 g/mol. The number of hydrogen-bond acceptors (Lipinski definition) is 2. The van der Waals surface area contributed by atoms with E-state index in [9.17, 15) is 0 Å². The smallest absolute Gasteiger partial charge is 0.159 e. The van der Waals surface area contributed by atoms with Gasteiger partial charge in [0, 0.05) is 6.61 Å². The Balaban J connectivity index is 2.34. The summed E-state index contributed by atoms with van der Waals surface area (Å²) in [7, 11) is 0. The first-order chi connectivity index (χ1) is 10.5. The fourth-order valence-corrected chi connectivity index (χ4v) is 3.21. The minimum atomic E-state index is 0.133. The van der Waals surface area contributed by atoms with E-state index < -0.39 is 0 Å². The van der Waals surface area contributed by atoms with Crippen molar-refractivity contribution in [3.05, 3.63) is 25.1 Å². The Labute approximate surface area is 156 Å². The minimum Gasteiger partial charge on any atom is -0.490 e. The summed E-state index contributed by atoms with van der Waals surface area (Å²) in [4.78, 5) is 0. The number of benzene rings is 1. The predicted octanol–water partition coefficient (Wildman–Crippen LogP) is 7.06. The number of halogens is 5. The highest BCUT2D eigenvalue weighted by atomic mass is 35.5. The monoisotopic (exact) mass is 406 g/mol. The predicted molar refractivity (Wildman–Crippen MR) is 96.4 cm³/mol. The Kier molecular flexibility index (Phi) is 10.3. The maximum Gasteiger partial charge on any atom is 0.159 e. The Hall–Kier alpha value is 0.430. The van der Waals surface area contributed by atoms with Gasteiger partial charge in [-0.2, -0.15) is 0 Å². The van der Waals surface area contributed by atoms with Crippen LogP contribution >= 0.6 is 58.0 Å². The van der Waals surface area contributed by atoms with Gasteiger partial charge in [-0.1, -0.05) is 90.1 Å². The molecule has 0 aliphatic carbocycles. The summed E-state index contributed by atoms with van der Waals surface area (Å²) in [6, 6.07) is 0. The molecule has 0 heterocycles. The van der Waals surface area contributed by atoms with Crippen molar-refractivity contribution in [2.45, 2.75) is 44.9 Å². The highest BCUT2D eigenvalue weighted by Gasteiger charge is 2.20. The highest BCUT2D eigenvalue weighted by Crippen LogP contribution is 2.48. The molecule has 1 aromatic rings. The molecular weight excluding hydrogens is 389 g/mol. The molecule has 0 bridgehead atoms. The van der Waals surface area contributed by atoms with E-state index in [1.807, 2.05) is 0 Å². The lowest BCUT2D eigenvalue weighted by Crippen LogP contribution is -1.99. The van der Waals surface area contributed by atoms with Crippen LogP contribution in [0.15, 0.2) is 0 Å². The molecule has 1 aromatic carbocycles. The first-order valence-electron chi connectivity index (χ1n) is 7.25. The quantitative estimate of drug-likeness (QED) is 0.255. The molecule has 2 nitrogen and oxygen atoms in total. The second kappa shape index (κ2) is 11.1. The van der Waals surface area contributed by atoms with Crippen LogP contribution in [-0.2, 0) is 0 Å². The van der Waals surface area contributed by atoms with Gasteiger partial charge in [0.15, 0.2) is 5.75 Å². The molecule has 0 amide bonds. The van der Waals surface area contributed by atoms with Crippen molar-refractivity contribution in [1.82, 2.24) is 0 Å². The van der Waals surface area contributed by atoms with Crippen LogP contribution in [0.3, 0.4) is 0 Å². The van der Waals surface area contributed by atoms with Gasteiger partial charge in [-0.05, 0) is 12.8 Å². The Morgan fingerprint density at radius 2 is 1.00 bits per heavy atom. The second-order valence-corrected chi connectivity index (χ2v) is 6.84. The zero-order valence-corrected chi connectivity index (χ0v) is 15.9. The third kappa shape index (κ3) is 6.14. The number of hydrogen-bond donors (Lipinski definition) is 1. The molecule has 0 atom stereocenters. The Morgan fingerprint density at radius 3 is 1.50 bits per heavy atom. The molecule has 0 fully saturated rings. The summed E-state index contributed by atoms with van der Waals surface area (Å²) >= 11 is 30.0. The van der Waals surface area contributed by atoms with Gasteiger partial charge >= 0.3 is 0 Å². The van der Waals surface area contributed by atoms with Gasteiger partial charge in [0.2, 0.25) is 0 Å². The topological polar surface area (TPSA) is 29.5 Å². The van der Waals surface area contributed by atoms with Gasteiger partial charge in [0.05, 0.1) is 21.7 Å². The molecule has 0 aromatic heterocycles. The molecule has 0 radical (unpaired) electrons. The fourth-order valence-electron chi connectivity index (χ4n) is 1.98. The maximum absolute atomic E-state index is 8.68. The zero-order chi connectivity index (χ0) is 16.5. The van der Waals surface area contributed by atoms with E-state index in [0.29, 0.717) is 6.61 Å². The normalized spacial score (nSPS) is 11.0. The SMILES string of the molecule is OCCCCCCCCCOc1c(Cl)c(Cl)c(Cl)c(Cl)c1Cl. The van der Waals surface area contributed by atoms with Crippen molar-refractivity contribution in [1.29, 1.82) is 0 Å². The van der Waals surface area contributed by atoms with E-state index in [1.54, 1.807) is 0 Å². The molecule has 1 rings (SSSR count). The van der Waals surface area contributed by atoms with Gasteiger partial charge in [0.25, 0.3) is 0 Å². The zero-order valence-electron chi connectivity index (χ0n) is 12.1. The second-order valence-electron chi connectivity index (χ2n) is 4.95. The maximum atomic E-state index is 8.68. The molecule has 1 N–H and O–H groups in total. The third-order valence-corrected chi connectivity index (χ3v) is 5.46.